The molecule has 2 unspecified atom stereocenters. The van der Waals surface area contributed by atoms with Crippen LogP contribution in [0.1, 0.15) is 65.2 Å². The molecular weight excluding hydrogens is 250 g/mol. The largest absolute Gasteiger partial charge is 0.382 e. The predicted molar refractivity (Wildman–Crippen MR) is 83.1 cm³/mol. The van der Waals surface area contributed by atoms with Crippen LogP contribution in [-0.4, -0.2) is 38.0 Å². The van der Waals surface area contributed by atoms with Crippen molar-refractivity contribution in [1.29, 1.82) is 0 Å². The van der Waals surface area contributed by atoms with E-state index in [1.165, 1.54) is 44.9 Å². The fraction of sp³-hybridized carbons (Fsp3) is 1.00. The van der Waals surface area contributed by atoms with Crippen molar-refractivity contribution in [3.8, 4) is 0 Å². The van der Waals surface area contributed by atoms with Gasteiger partial charge in [-0.3, -0.25) is 0 Å². The molecule has 0 aromatic rings. The lowest BCUT2D eigenvalue weighted by Crippen LogP contribution is -2.48. The van der Waals surface area contributed by atoms with Crippen LogP contribution >= 0.6 is 0 Å². The first-order chi connectivity index (χ1) is 9.79. The zero-order valence-corrected chi connectivity index (χ0v) is 13.5. The van der Waals surface area contributed by atoms with Crippen LogP contribution in [0.15, 0.2) is 0 Å². The van der Waals surface area contributed by atoms with Crippen LogP contribution in [0.2, 0.25) is 0 Å². The standard InChI is InChI=1S/C17H33NO2/c1-3-18-16(9-12-19-4-2)15-8-13-20-17(14-15)10-6-5-7-11-17/h15-16,18H,3-14H2,1-2H3. The van der Waals surface area contributed by atoms with Crippen molar-refractivity contribution in [2.75, 3.05) is 26.4 Å². The maximum Gasteiger partial charge on any atom is 0.0685 e. The molecule has 1 aliphatic carbocycles. The van der Waals surface area contributed by atoms with Gasteiger partial charge in [-0.05, 0) is 51.5 Å². The molecule has 0 bridgehead atoms. The Balaban J connectivity index is 1.89. The summed E-state index contributed by atoms with van der Waals surface area (Å²) in [5, 5.41) is 3.70. The monoisotopic (exact) mass is 283 g/mol. The lowest BCUT2D eigenvalue weighted by molar-refractivity contribution is -0.122. The van der Waals surface area contributed by atoms with E-state index in [1.807, 2.05) is 0 Å². The highest BCUT2D eigenvalue weighted by Gasteiger charge is 2.40. The van der Waals surface area contributed by atoms with Crippen LogP contribution in [-0.2, 0) is 9.47 Å². The highest BCUT2D eigenvalue weighted by molar-refractivity contribution is 4.93. The lowest BCUT2D eigenvalue weighted by atomic mass is 9.73. The first-order valence-electron chi connectivity index (χ1n) is 8.75. The van der Waals surface area contributed by atoms with Crippen molar-refractivity contribution >= 4 is 0 Å². The van der Waals surface area contributed by atoms with Gasteiger partial charge in [-0.25, -0.2) is 0 Å². The van der Waals surface area contributed by atoms with Gasteiger partial charge in [-0.2, -0.15) is 0 Å². The maximum absolute atomic E-state index is 6.23. The van der Waals surface area contributed by atoms with Gasteiger partial charge in [0.25, 0.3) is 0 Å². The minimum atomic E-state index is 0.223. The van der Waals surface area contributed by atoms with Crippen molar-refractivity contribution in [1.82, 2.24) is 5.32 Å². The lowest BCUT2D eigenvalue weighted by Gasteiger charge is -2.45. The highest BCUT2D eigenvalue weighted by atomic mass is 16.5. The molecule has 0 aromatic carbocycles. The van der Waals surface area contributed by atoms with Gasteiger partial charge in [0, 0.05) is 25.9 Å². The van der Waals surface area contributed by atoms with Crippen LogP contribution in [0.4, 0.5) is 0 Å². The van der Waals surface area contributed by atoms with Crippen LogP contribution in [0.25, 0.3) is 0 Å². The molecule has 1 heterocycles. The van der Waals surface area contributed by atoms with Crippen molar-refractivity contribution in [2.24, 2.45) is 5.92 Å². The smallest absolute Gasteiger partial charge is 0.0685 e. The van der Waals surface area contributed by atoms with E-state index in [2.05, 4.69) is 19.2 Å². The topological polar surface area (TPSA) is 30.5 Å². The van der Waals surface area contributed by atoms with Crippen LogP contribution in [0, 0.1) is 5.92 Å². The summed E-state index contributed by atoms with van der Waals surface area (Å²) in [6, 6.07) is 0.606. The van der Waals surface area contributed by atoms with Crippen molar-refractivity contribution in [3.63, 3.8) is 0 Å². The Bertz CT molecular complexity index is 258. The fourth-order valence-electron chi connectivity index (χ4n) is 4.07. The normalized spacial score (nSPS) is 27.6. The quantitative estimate of drug-likeness (QED) is 0.725. The van der Waals surface area contributed by atoms with Crippen molar-refractivity contribution in [3.05, 3.63) is 0 Å². The second kappa shape index (κ2) is 8.35. The zero-order valence-electron chi connectivity index (χ0n) is 13.5. The Labute approximate surface area is 124 Å². The molecule has 1 N–H and O–H groups in total. The molecule has 1 saturated carbocycles. The van der Waals surface area contributed by atoms with E-state index < -0.39 is 0 Å². The molecule has 2 atom stereocenters. The summed E-state index contributed by atoms with van der Waals surface area (Å²) in [6.45, 7) is 8.02. The van der Waals surface area contributed by atoms with Gasteiger partial charge in [-0.15, -0.1) is 0 Å². The average Bonchev–Trinajstić information content (AvgIpc) is 2.47. The summed E-state index contributed by atoms with van der Waals surface area (Å²) in [5.41, 5.74) is 0.223. The minimum absolute atomic E-state index is 0.223. The molecule has 1 spiro atoms. The van der Waals surface area contributed by atoms with Crippen LogP contribution < -0.4 is 5.32 Å². The van der Waals surface area contributed by atoms with Gasteiger partial charge in [0.1, 0.15) is 0 Å². The number of ether oxygens (including phenoxy) is 2. The third kappa shape index (κ3) is 4.44. The number of rotatable bonds is 7. The number of nitrogens with one attached hydrogen (secondary N) is 1. The number of hydrogen-bond donors (Lipinski definition) is 1. The Hall–Kier alpha value is -0.120. The van der Waals surface area contributed by atoms with Gasteiger partial charge in [-0.1, -0.05) is 26.2 Å². The van der Waals surface area contributed by atoms with E-state index >= 15 is 0 Å². The van der Waals surface area contributed by atoms with Gasteiger partial charge in [0.2, 0.25) is 0 Å². The molecule has 0 radical (unpaired) electrons. The zero-order chi connectivity index (χ0) is 14.3. The number of hydrogen-bond acceptors (Lipinski definition) is 3. The average molecular weight is 283 g/mol. The second-order valence-corrected chi connectivity index (χ2v) is 6.49. The van der Waals surface area contributed by atoms with E-state index in [0.29, 0.717) is 6.04 Å². The molecule has 3 heteroatoms. The van der Waals surface area contributed by atoms with Gasteiger partial charge >= 0.3 is 0 Å². The van der Waals surface area contributed by atoms with E-state index in [0.717, 1.165) is 38.7 Å². The van der Waals surface area contributed by atoms with Gasteiger partial charge in [0.15, 0.2) is 0 Å². The van der Waals surface area contributed by atoms with E-state index in [4.69, 9.17) is 9.47 Å². The SMILES string of the molecule is CCNC(CCOCC)C1CCOC2(CCCCC2)C1. The molecule has 1 saturated heterocycles. The van der Waals surface area contributed by atoms with E-state index in [-0.39, 0.29) is 5.60 Å². The molecule has 1 aliphatic heterocycles. The second-order valence-electron chi connectivity index (χ2n) is 6.49. The van der Waals surface area contributed by atoms with Gasteiger partial charge < -0.3 is 14.8 Å². The van der Waals surface area contributed by atoms with Crippen molar-refractivity contribution < 1.29 is 9.47 Å². The Kier molecular flexibility index (Phi) is 6.79. The van der Waals surface area contributed by atoms with E-state index in [9.17, 15) is 0 Å². The Morgan fingerprint density at radius 1 is 1.25 bits per heavy atom. The molecule has 2 rings (SSSR count). The van der Waals surface area contributed by atoms with Crippen molar-refractivity contribution in [2.45, 2.75) is 76.9 Å². The van der Waals surface area contributed by atoms with Crippen LogP contribution in [0.5, 0.6) is 0 Å². The highest BCUT2D eigenvalue weighted by Crippen LogP contribution is 2.41. The van der Waals surface area contributed by atoms with Crippen LogP contribution in [0.3, 0.4) is 0 Å². The summed E-state index contributed by atoms with van der Waals surface area (Å²) in [5.74, 6) is 0.766. The summed E-state index contributed by atoms with van der Waals surface area (Å²) < 4.78 is 11.8. The molecule has 2 aliphatic rings. The summed E-state index contributed by atoms with van der Waals surface area (Å²) in [4.78, 5) is 0. The van der Waals surface area contributed by atoms with E-state index in [1.54, 1.807) is 0 Å². The predicted octanol–water partition coefficient (Wildman–Crippen LogP) is 3.52. The molecule has 3 nitrogen and oxygen atoms in total. The molecular formula is C17H33NO2. The third-order valence-electron chi connectivity index (χ3n) is 5.11. The third-order valence-corrected chi connectivity index (χ3v) is 5.11. The Morgan fingerprint density at radius 2 is 2.05 bits per heavy atom. The minimum Gasteiger partial charge on any atom is -0.382 e. The summed E-state index contributed by atoms with van der Waals surface area (Å²) >= 11 is 0. The summed E-state index contributed by atoms with van der Waals surface area (Å²) in [6.07, 6.45) is 10.3. The molecule has 20 heavy (non-hydrogen) atoms. The summed E-state index contributed by atoms with van der Waals surface area (Å²) in [7, 11) is 0. The molecule has 118 valence electrons. The first kappa shape index (κ1) is 16.3. The maximum atomic E-state index is 6.23. The fourth-order valence-corrected chi connectivity index (χ4v) is 4.07. The molecule has 2 fully saturated rings. The van der Waals surface area contributed by atoms with Gasteiger partial charge in [0.05, 0.1) is 5.60 Å². The molecule has 0 amide bonds. The molecule has 0 aromatic heterocycles. The Morgan fingerprint density at radius 3 is 2.75 bits per heavy atom. The first-order valence-corrected chi connectivity index (χ1v) is 8.75.